The SMILES string of the molecule is [O]=[Ta](=[O])(=[O])(=[O])=[O]. The second-order valence-corrected chi connectivity index (χ2v) is 6.10. The molecule has 0 amide bonds. The van der Waals surface area contributed by atoms with Crippen LogP contribution in [-0.2, 0) is 31.9 Å². The zero-order valence-corrected chi connectivity index (χ0v) is 5.70. The van der Waals surface area contributed by atoms with Crippen LogP contribution in [0, 0.1) is 0 Å². The Bertz CT molecular complexity index is 274. The molecule has 0 aromatic rings. The third-order valence-electron chi connectivity index (χ3n) is 0. The van der Waals surface area contributed by atoms with E-state index in [4.69, 9.17) is 16.3 Å². The predicted octanol–water partition coefficient (Wildman–Crippen LogP) is -0.597. The van der Waals surface area contributed by atoms with Crippen LogP contribution in [0.5, 0.6) is 0 Å². The molecular weight excluding hydrogens is 261 g/mol. The fourth-order valence-electron chi connectivity index (χ4n) is 0. The topological polar surface area (TPSA) is 85.3 Å². The number of rotatable bonds is 0. The summed E-state index contributed by atoms with van der Waals surface area (Å²) in [4.78, 5) is 0. The summed E-state index contributed by atoms with van der Waals surface area (Å²) >= 11 is -8.05. The van der Waals surface area contributed by atoms with E-state index < -0.39 is 15.7 Å². The summed E-state index contributed by atoms with van der Waals surface area (Å²) in [6, 6.07) is 0. The summed E-state index contributed by atoms with van der Waals surface area (Å²) < 4.78 is 43.4. The van der Waals surface area contributed by atoms with Crippen molar-refractivity contribution < 1.29 is 31.9 Å². The number of hydrogen-bond donors (Lipinski definition) is 0. The average Bonchev–Trinajstić information content (AvgIpc) is 0.650. The number of hydrogen-bond acceptors (Lipinski definition) is 5. The molecule has 0 aromatic heterocycles. The van der Waals surface area contributed by atoms with Crippen LogP contribution in [0.1, 0.15) is 0 Å². The molecule has 0 aromatic carbocycles. The molecule has 6 heavy (non-hydrogen) atoms. The summed E-state index contributed by atoms with van der Waals surface area (Å²) in [7, 11) is 0. The van der Waals surface area contributed by atoms with Gasteiger partial charge in [0.1, 0.15) is 0 Å². The first-order valence-electron chi connectivity index (χ1n) is 0.913. The van der Waals surface area contributed by atoms with Gasteiger partial charge in [-0.3, -0.25) is 0 Å². The minimum atomic E-state index is -8.05. The standard InChI is InChI=1S/5O.Ta. The fourth-order valence-corrected chi connectivity index (χ4v) is 0. The van der Waals surface area contributed by atoms with Crippen LogP contribution < -0.4 is 0 Å². The maximum absolute atomic E-state index is 8.67. The maximum atomic E-state index is 8.67. The molecule has 35 valence electrons. The van der Waals surface area contributed by atoms with Gasteiger partial charge in [0.15, 0.2) is 0 Å². The molecule has 0 fully saturated rings. The Morgan fingerprint density at radius 3 is 0.667 bits per heavy atom. The molecule has 0 bridgehead atoms. The normalized spacial score (nSPS) is 10.0. The van der Waals surface area contributed by atoms with Crippen molar-refractivity contribution in [1.29, 1.82) is 0 Å². The van der Waals surface area contributed by atoms with Crippen molar-refractivity contribution >= 4 is 0 Å². The Balaban J connectivity index is 7.45. The van der Waals surface area contributed by atoms with Gasteiger partial charge in [0.25, 0.3) is 0 Å². The van der Waals surface area contributed by atoms with E-state index in [9.17, 15) is 0 Å². The summed E-state index contributed by atoms with van der Waals surface area (Å²) in [5.41, 5.74) is 0. The van der Waals surface area contributed by atoms with Crippen LogP contribution in [0.25, 0.3) is 0 Å². The Labute approximate surface area is 32.6 Å². The summed E-state index contributed by atoms with van der Waals surface area (Å²) in [6.07, 6.45) is 0. The molecule has 0 unspecified atom stereocenters. The van der Waals surface area contributed by atoms with E-state index in [0.29, 0.717) is 0 Å². The molecule has 0 radical (unpaired) electrons. The zero-order chi connectivity index (χ0) is 5.45. The molecule has 0 atom stereocenters. The zero-order valence-electron chi connectivity index (χ0n) is 2.49. The van der Waals surface area contributed by atoms with E-state index in [1.165, 1.54) is 0 Å². The quantitative estimate of drug-likeness (QED) is 0.581. The fraction of sp³-hybridized carbons (Fsp3) is 0. The van der Waals surface area contributed by atoms with Crippen molar-refractivity contribution in [3.63, 3.8) is 0 Å². The summed E-state index contributed by atoms with van der Waals surface area (Å²) in [5.74, 6) is 0. The van der Waals surface area contributed by atoms with E-state index in [1.807, 2.05) is 0 Å². The van der Waals surface area contributed by atoms with Crippen LogP contribution in [-0.4, -0.2) is 0 Å². The average molecular weight is 261 g/mol. The first-order chi connectivity index (χ1) is 2.24. The van der Waals surface area contributed by atoms with E-state index in [1.54, 1.807) is 0 Å². The van der Waals surface area contributed by atoms with Gasteiger partial charge in [-0.25, -0.2) is 0 Å². The van der Waals surface area contributed by atoms with Gasteiger partial charge in [0.05, 0.1) is 0 Å². The van der Waals surface area contributed by atoms with Crippen LogP contribution >= 0.6 is 0 Å². The molecule has 0 aliphatic rings. The molecular formula is O5Ta. The van der Waals surface area contributed by atoms with Gasteiger partial charge in [-0.1, -0.05) is 0 Å². The van der Waals surface area contributed by atoms with Gasteiger partial charge >= 0.3 is 31.9 Å². The molecule has 0 aliphatic carbocycles. The van der Waals surface area contributed by atoms with Gasteiger partial charge in [0, 0.05) is 0 Å². The molecule has 6 heteroatoms. The molecule has 0 rings (SSSR count). The van der Waals surface area contributed by atoms with Crippen molar-refractivity contribution in [2.24, 2.45) is 0 Å². The van der Waals surface area contributed by atoms with E-state index in [-0.39, 0.29) is 0 Å². The van der Waals surface area contributed by atoms with Gasteiger partial charge < -0.3 is 0 Å². The second kappa shape index (κ2) is 0.699. The monoisotopic (exact) mass is 261 g/mol. The Morgan fingerprint density at radius 1 is 0.667 bits per heavy atom. The molecule has 5 nitrogen and oxygen atoms in total. The van der Waals surface area contributed by atoms with E-state index >= 15 is 0 Å². The van der Waals surface area contributed by atoms with Crippen molar-refractivity contribution in [3.05, 3.63) is 0 Å². The Hall–Kier alpha value is -0.260. The van der Waals surface area contributed by atoms with Gasteiger partial charge in [-0.2, -0.15) is 0 Å². The van der Waals surface area contributed by atoms with Gasteiger partial charge in [-0.15, -0.1) is 0 Å². The molecule has 0 saturated carbocycles. The minimum absolute atomic E-state index is 8.05. The first-order valence-corrected chi connectivity index (χ1v) is 7.47. The molecule has 0 N–H and O–H groups in total. The van der Waals surface area contributed by atoms with Crippen molar-refractivity contribution in [2.45, 2.75) is 0 Å². The first kappa shape index (κ1) is 5.74. The van der Waals surface area contributed by atoms with Crippen LogP contribution in [0.2, 0.25) is 0 Å². The van der Waals surface area contributed by atoms with Crippen molar-refractivity contribution in [2.75, 3.05) is 0 Å². The summed E-state index contributed by atoms with van der Waals surface area (Å²) in [5, 5.41) is 0. The van der Waals surface area contributed by atoms with E-state index in [0.717, 1.165) is 0 Å². The van der Waals surface area contributed by atoms with Crippen LogP contribution in [0.3, 0.4) is 0 Å². The Kier molecular flexibility index (Phi) is 0.669. The van der Waals surface area contributed by atoms with E-state index in [2.05, 4.69) is 0 Å². The van der Waals surface area contributed by atoms with Gasteiger partial charge in [-0.05, 0) is 0 Å². The molecule has 0 heterocycles. The van der Waals surface area contributed by atoms with Crippen molar-refractivity contribution in [3.8, 4) is 0 Å². The second-order valence-electron chi connectivity index (χ2n) is 0.745. The molecule has 0 spiro atoms. The molecule has 0 aliphatic heterocycles. The molecule has 0 saturated heterocycles. The van der Waals surface area contributed by atoms with Crippen LogP contribution in [0.4, 0.5) is 0 Å². The van der Waals surface area contributed by atoms with Crippen LogP contribution in [0.15, 0.2) is 0 Å². The predicted molar refractivity (Wildman–Crippen MR) is 3.43 cm³/mol. The third kappa shape index (κ3) is 416. The Morgan fingerprint density at radius 2 is 0.667 bits per heavy atom. The summed E-state index contributed by atoms with van der Waals surface area (Å²) in [6.45, 7) is 0. The third-order valence-corrected chi connectivity index (χ3v) is 0. The van der Waals surface area contributed by atoms with Crippen molar-refractivity contribution in [1.82, 2.24) is 0 Å². The van der Waals surface area contributed by atoms with Gasteiger partial charge in [0.2, 0.25) is 0 Å².